The van der Waals surface area contributed by atoms with Crippen LogP contribution in [-0.4, -0.2) is 19.8 Å². The molecule has 0 saturated heterocycles. The molecule has 2 aromatic rings. The topological polar surface area (TPSA) is 54.4 Å². The molecule has 4 heteroatoms. The van der Waals surface area contributed by atoms with Gasteiger partial charge in [0, 0.05) is 6.26 Å². The molecule has 3 nitrogen and oxygen atoms in total. The summed E-state index contributed by atoms with van der Waals surface area (Å²) < 4.78 is 23.1. The van der Waals surface area contributed by atoms with E-state index >= 15 is 0 Å². The van der Waals surface area contributed by atoms with Gasteiger partial charge in [-0.05, 0) is 35.7 Å². The summed E-state index contributed by atoms with van der Waals surface area (Å²) in [6.07, 6.45) is 0.342. The maximum Gasteiger partial charge on any atom is 0.175 e. The van der Waals surface area contributed by atoms with Crippen molar-refractivity contribution in [1.29, 1.82) is 0 Å². The van der Waals surface area contributed by atoms with Gasteiger partial charge in [0.2, 0.25) is 0 Å². The summed E-state index contributed by atoms with van der Waals surface area (Å²) in [5.74, 6) is 0. The third-order valence-corrected chi connectivity index (χ3v) is 4.20. The molecule has 0 fully saturated rings. The lowest BCUT2D eigenvalue weighted by Crippen LogP contribution is -2.04. The van der Waals surface area contributed by atoms with E-state index in [-0.39, 0.29) is 4.90 Å². The van der Waals surface area contributed by atoms with E-state index in [1.807, 2.05) is 31.2 Å². The zero-order chi connectivity index (χ0) is 14.0. The number of hydrogen-bond acceptors (Lipinski definition) is 3. The molecular formula is C15H16O3S. The Balaban J connectivity index is 2.46. The normalized spacial score (nSPS) is 13.2. The molecule has 100 valence electrons. The van der Waals surface area contributed by atoms with Gasteiger partial charge in [-0.2, -0.15) is 0 Å². The number of sulfone groups is 1. The van der Waals surface area contributed by atoms with Crippen LogP contribution < -0.4 is 0 Å². The SMILES string of the molecule is Cc1ccccc1C(O)c1cccc(S(C)(=O)=O)c1. The van der Waals surface area contributed by atoms with Gasteiger partial charge in [0.15, 0.2) is 9.84 Å². The highest BCUT2D eigenvalue weighted by Crippen LogP contribution is 2.26. The first-order chi connectivity index (χ1) is 8.89. The van der Waals surface area contributed by atoms with Crippen molar-refractivity contribution >= 4 is 9.84 Å². The Bertz CT molecular complexity index is 690. The van der Waals surface area contributed by atoms with E-state index in [4.69, 9.17) is 0 Å². The van der Waals surface area contributed by atoms with E-state index in [2.05, 4.69) is 0 Å². The van der Waals surface area contributed by atoms with Crippen molar-refractivity contribution in [3.8, 4) is 0 Å². The molecule has 0 aliphatic rings. The maximum atomic E-state index is 11.5. The molecule has 0 spiro atoms. The summed E-state index contributed by atoms with van der Waals surface area (Å²) in [5, 5.41) is 10.4. The first kappa shape index (κ1) is 13.8. The van der Waals surface area contributed by atoms with Crippen molar-refractivity contribution in [3.63, 3.8) is 0 Å². The molecule has 0 aliphatic carbocycles. The van der Waals surface area contributed by atoms with E-state index < -0.39 is 15.9 Å². The Hall–Kier alpha value is -1.65. The van der Waals surface area contributed by atoms with E-state index in [0.717, 1.165) is 17.4 Å². The zero-order valence-corrected chi connectivity index (χ0v) is 11.7. The van der Waals surface area contributed by atoms with Crippen molar-refractivity contribution in [2.75, 3.05) is 6.26 Å². The fourth-order valence-electron chi connectivity index (χ4n) is 1.99. The molecule has 1 unspecified atom stereocenters. The standard InChI is InChI=1S/C15H16O3S/c1-11-6-3-4-9-14(11)15(16)12-7-5-8-13(10-12)19(2,17)18/h3-10,15-16H,1-2H3. The summed E-state index contributed by atoms with van der Waals surface area (Å²) in [5.41, 5.74) is 2.34. The van der Waals surface area contributed by atoms with Crippen LogP contribution in [0.3, 0.4) is 0 Å². The monoisotopic (exact) mass is 276 g/mol. The molecule has 2 aromatic carbocycles. The molecule has 19 heavy (non-hydrogen) atoms. The zero-order valence-electron chi connectivity index (χ0n) is 10.9. The molecule has 1 atom stereocenters. The van der Waals surface area contributed by atoms with Crippen LogP contribution in [0.25, 0.3) is 0 Å². The van der Waals surface area contributed by atoms with Gasteiger partial charge in [-0.25, -0.2) is 8.42 Å². The number of benzene rings is 2. The van der Waals surface area contributed by atoms with E-state index in [0.29, 0.717) is 5.56 Å². The second kappa shape index (κ2) is 5.15. The summed E-state index contributed by atoms with van der Waals surface area (Å²) in [4.78, 5) is 0.220. The predicted molar refractivity (Wildman–Crippen MR) is 74.8 cm³/mol. The third-order valence-electron chi connectivity index (χ3n) is 3.09. The van der Waals surface area contributed by atoms with E-state index in [1.54, 1.807) is 12.1 Å². The second-order valence-electron chi connectivity index (χ2n) is 4.60. The Labute approximate surface area is 113 Å². The lowest BCUT2D eigenvalue weighted by atomic mass is 9.98. The molecule has 0 aliphatic heterocycles. The Morgan fingerprint density at radius 1 is 1.05 bits per heavy atom. The van der Waals surface area contributed by atoms with Crippen molar-refractivity contribution in [1.82, 2.24) is 0 Å². The van der Waals surface area contributed by atoms with Crippen LogP contribution in [0.15, 0.2) is 53.4 Å². The summed E-state index contributed by atoms with van der Waals surface area (Å²) in [6, 6.07) is 13.9. The minimum absolute atomic E-state index is 0.220. The van der Waals surface area contributed by atoms with Crippen LogP contribution in [0.2, 0.25) is 0 Å². The largest absolute Gasteiger partial charge is 0.384 e. The van der Waals surface area contributed by atoms with Crippen LogP contribution >= 0.6 is 0 Å². The molecule has 0 amide bonds. The van der Waals surface area contributed by atoms with Crippen molar-refractivity contribution in [3.05, 3.63) is 65.2 Å². The number of aliphatic hydroxyl groups excluding tert-OH is 1. The molecular weight excluding hydrogens is 260 g/mol. The molecule has 0 saturated carbocycles. The van der Waals surface area contributed by atoms with E-state index in [9.17, 15) is 13.5 Å². The molecule has 0 aromatic heterocycles. The number of rotatable bonds is 3. The number of aliphatic hydroxyl groups is 1. The predicted octanol–water partition coefficient (Wildman–Crippen LogP) is 2.48. The lowest BCUT2D eigenvalue weighted by Gasteiger charge is -2.14. The molecule has 2 rings (SSSR count). The summed E-state index contributed by atoms with van der Waals surface area (Å²) in [7, 11) is -3.26. The van der Waals surface area contributed by atoms with Gasteiger partial charge in [0.25, 0.3) is 0 Å². The minimum Gasteiger partial charge on any atom is -0.384 e. The van der Waals surface area contributed by atoms with E-state index in [1.165, 1.54) is 12.1 Å². The average Bonchev–Trinajstić information content (AvgIpc) is 2.38. The van der Waals surface area contributed by atoms with Crippen LogP contribution in [0.1, 0.15) is 22.8 Å². The Kier molecular flexibility index (Phi) is 3.73. The highest BCUT2D eigenvalue weighted by molar-refractivity contribution is 7.90. The Morgan fingerprint density at radius 3 is 2.37 bits per heavy atom. The van der Waals surface area contributed by atoms with Gasteiger partial charge >= 0.3 is 0 Å². The number of hydrogen-bond donors (Lipinski definition) is 1. The highest BCUT2D eigenvalue weighted by atomic mass is 32.2. The van der Waals surface area contributed by atoms with Crippen molar-refractivity contribution in [2.45, 2.75) is 17.9 Å². The van der Waals surface area contributed by atoms with Crippen LogP contribution in [-0.2, 0) is 9.84 Å². The molecule has 1 N–H and O–H groups in total. The highest BCUT2D eigenvalue weighted by Gasteiger charge is 2.15. The van der Waals surface area contributed by atoms with Gasteiger partial charge < -0.3 is 5.11 Å². The fraction of sp³-hybridized carbons (Fsp3) is 0.200. The molecule has 0 bridgehead atoms. The summed E-state index contributed by atoms with van der Waals surface area (Å²) >= 11 is 0. The van der Waals surface area contributed by atoms with Crippen LogP contribution in [0, 0.1) is 6.92 Å². The third kappa shape index (κ3) is 3.03. The van der Waals surface area contributed by atoms with Gasteiger partial charge in [-0.15, -0.1) is 0 Å². The first-order valence-corrected chi connectivity index (χ1v) is 7.82. The quantitative estimate of drug-likeness (QED) is 0.937. The fourth-order valence-corrected chi connectivity index (χ4v) is 2.66. The van der Waals surface area contributed by atoms with Gasteiger partial charge in [0.05, 0.1) is 4.90 Å². The van der Waals surface area contributed by atoms with Crippen LogP contribution in [0.4, 0.5) is 0 Å². The average molecular weight is 276 g/mol. The number of aryl methyl sites for hydroxylation is 1. The smallest absolute Gasteiger partial charge is 0.175 e. The molecule has 0 radical (unpaired) electrons. The lowest BCUT2D eigenvalue weighted by molar-refractivity contribution is 0.219. The first-order valence-electron chi connectivity index (χ1n) is 5.93. The summed E-state index contributed by atoms with van der Waals surface area (Å²) in [6.45, 7) is 1.92. The Morgan fingerprint density at radius 2 is 1.74 bits per heavy atom. The second-order valence-corrected chi connectivity index (χ2v) is 6.62. The maximum absolute atomic E-state index is 11.5. The minimum atomic E-state index is -3.26. The molecule has 0 heterocycles. The van der Waals surface area contributed by atoms with Gasteiger partial charge in [-0.1, -0.05) is 36.4 Å². The van der Waals surface area contributed by atoms with Crippen molar-refractivity contribution < 1.29 is 13.5 Å². The van der Waals surface area contributed by atoms with Gasteiger partial charge in [-0.3, -0.25) is 0 Å². The van der Waals surface area contributed by atoms with Gasteiger partial charge in [0.1, 0.15) is 6.10 Å². The van der Waals surface area contributed by atoms with Crippen LogP contribution in [0.5, 0.6) is 0 Å². The van der Waals surface area contributed by atoms with Crippen molar-refractivity contribution in [2.24, 2.45) is 0 Å².